The molecule has 1 fully saturated rings. The summed E-state index contributed by atoms with van der Waals surface area (Å²) < 4.78 is 2.04. The second-order valence-electron chi connectivity index (χ2n) is 6.46. The molecule has 2 aromatic rings. The topological polar surface area (TPSA) is 57.7 Å². The van der Waals surface area contributed by atoms with Crippen LogP contribution in [0.15, 0.2) is 18.2 Å². The van der Waals surface area contributed by atoms with E-state index in [1.807, 2.05) is 30.7 Å². The molecular formula is C18H23N5. The van der Waals surface area contributed by atoms with Crippen LogP contribution in [0.5, 0.6) is 0 Å². The molecule has 2 heterocycles. The second kappa shape index (κ2) is 6.41. The fraction of sp³-hybridized carbons (Fsp3) is 0.500. The van der Waals surface area contributed by atoms with E-state index in [9.17, 15) is 0 Å². The normalized spacial score (nSPS) is 18.0. The first-order chi connectivity index (χ1) is 11.1. The minimum Gasteiger partial charge on any atom is -0.371 e. The number of piperidine rings is 1. The molecule has 1 aliphatic heterocycles. The quantitative estimate of drug-likeness (QED) is 0.874. The SMILES string of the molecule is Cc1nc(C)n(CC2CCCN(c3ccc(C#N)cc3C)C2)n1. The van der Waals surface area contributed by atoms with Crippen molar-refractivity contribution < 1.29 is 0 Å². The molecule has 1 aromatic heterocycles. The zero-order valence-corrected chi connectivity index (χ0v) is 14.1. The van der Waals surface area contributed by atoms with Gasteiger partial charge in [0.05, 0.1) is 11.6 Å². The van der Waals surface area contributed by atoms with Gasteiger partial charge in [-0.05, 0) is 63.3 Å². The maximum atomic E-state index is 9.02. The standard InChI is InChI=1S/C18H23N5/c1-13-9-16(10-19)6-7-18(13)22-8-4-5-17(11-22)12-23-15(3)20-14(2)21-23/h6-7,9,17H,4-5,8,11-12H2,1-3H3. The van der Waals surface area contributed by atoms with Crippen LogP contribution in [0.3, 0.4) is 0 Å². The van der Waals surface area contributed by atoms with Gasteiger partial charge >= 0.3 is 0 Å². The van der Waals surface area contributed by atoms with Crippen molar-refractivity contribution in [3.05, 3.63) is 41.0 Å². The molecule has 0 bridgehead atoms. The smallest absolute Gasteiger partial charge is 0.147 e. The highest BCUT2D eigenvalue weighted by Gasteiger charge is 2.22. The van der Waals surface area contributed by atoms with Gasteiger partial charge < -0.3 is 4.90 Å². The lowest BCUT2D eigenvalue weighted by Crippen LogP contribution is -2.37. The third-order valence-electron chi connectivity index (χ3n) is 4.58. The predicted octanol–water partition coefficient (Wildman–Crippen LogP) is 2.99. The number of anilines is 1. The third kappa shape index (κ3) is 3.37. The molecule has 5 heteroatoms. The van der Waals surface area contributed by atoms with Crippen LogP contribution in [-0.2, 0) is 6.54 Å². The van der Waals surface area contributed by atoms with Crippen LogP contribution in [0.1, 0.15) is 35.6 Å². The first-order valence-electron chi connectivity index (χ1n) is 8.20. The zero-order valence-electron chi connectivity index (χ0n) is 14.1. The van der Waals surface area contributed by atoms with Gasteiger partial charge in [0.15, 0.2) is 0 Å². The second-order valence-corrected chi connectivity index (χ2v) is 6.46. The number of aromatic nitrogens is 3. The van der Waals surface area contributed by atoms with Gasteiger partial charge in [0.25, 0.3) is 0 Å². The van der Waals surface area contributed by atoms with E-state index in [-0.39, 0.29) is 0 Å². The Labute approximate surface area is 137 Å². The van der Waals surface area contributed by atoms with Crippen molar-refractivity contribution in [3.8, 4) is 6.07 Å². The Hall–Kier alpha value is -2.35. The summed E-state index contributed by atoms with van der Waals surface area (Å²) in [6.07, 6.45) is 2.42. The lowest BCUT2D eigenvalue weighted by Gasteiger charge is -2.35. The summed E-state index contributed by atoms with van der Waals surface area (Å²) in [7, 11) is 0. The largest absolute Gasteiger partial charge is 0.371 e. The zero-order chi connectivity index (χ0) is 16.4. The maximum absolute atomic E-state index is 9.02. The number of hydrogen-bond acceptors (Lipinski definition) is 4. The molecule has 1 aromatic carbocycles. The minimum absolute atomic E-state index is 0.582. The molecule has 23 heavy (non-hydrogen) atoms. The van der Waals surface area contributed by atoms with Gasteiger partial charge in [-0.2, -0.15) is 10.4 Å². The van der Waals surface area contributed by atoms with Crippen molar-refractivity contribution in [1.29, 1.82) is 5.26 Å². The molecule has 0 aliphatic carbocycles. The van der Waals surface area contributed by atoms with E-state index in [0.717, 1.165) is 36.8 Å². The van der Waals surface area contributed by atoms with Crippen molar-refractivity contribution in [2.75, 3.05) is 18.0 Å². The van der Waals surface area contributed by atoms with Crippen molar-refractivity contribution >= 4 is 5.69 Å². The van der Waals surface area contributed by atoms with E-state index in [1.165, 1.54) is 24.1 Å². The Balaban J connectivity index is 1.73. The number of hydrogen-bond donors (Lipinski definition) is 0. The lowest BCUT2D eigenvalue weighted by molar-refractivity contribution is 0.347. The molecule has 1 aliphatic rings. The van der Waals surface area contributed by atoms with Crippen molar-refractivity contribution in [2.24, 2.45) is 5.92 Å². The van der Waals surface area contributed by atoms with E-state index < -0.39 is 0 Å². The maximum Gasteiger partial charge on any atom is 0.147 e. The van der Waals surface area contributed by atoms with Crippen LogP contribution in [0.25, 0.3) is 0 Å². The summed E-state index contributed by atoms with van der Waals surface area (Å²) in [5.74, 6) is 2.42. The van der Waals surface area contributed by atoms with Crippen LogP contribution >= 0.6 is 0 Å². The lowest BCUT2D eigenvalue weighted by atomic mass is 9.96. The van der Waals surface area contributed by atoms with Gasteiger partial charge in [-0.25, -0.2) is 9.67 Å². The van der Waals surface area contributed by atoms with Crippen molar-refractivity contribution in [1.82, 2.24) is 14.8 Å². The molecule has 0 N–H and O–H groups in total. The fourth-order valence-corrected chi connectivity index (χ4v) is 3.49. The fourth-order valence-electron chi connectivity index (χ4n) is 3.49. The predicted molar refractivity (Wildman–Crippen MR) is 90.3 cm³/mol. The molecule has 3 rings (SSSR count). The highest BCUT2D eigenvalue weighted by molar-refractivity contribution is 5.56. The molecule has 1 saturated heterocycles. The first-order valence-corrected chi connectivity index (χ1v) is 8.20. The average Bonchev–Trinajstić information content (AvgIpc) is 2.85. The molecule has 1 atom stereocenters. The highest BCUT2D eigenvalue weighted by Crippen LogP contribution is 2.27. The van der Waals surface area contributed by atoms with E-state index in [1.54, 1.807) is 0 Å². The molecule has 1 unspecified atom stereocenters. The Morgan fingerprint density at radius 3 is 2.78 bits per heavy atom. The summed E-state index contributed by atoms with van der Waals surface area (Å²) in [6, 6.07) is 8.18. The molecular weight excluding hydrogens is 286 g/mol. The summed E-state index contributed by atoms with van der Waals surface area (Å²) in [5.41, 5.74) is 3.16. The summed E-state index contributed by atoms with van der Waals surface area (Å²) >= 11 is 0. The van der Waals surface area contributed by atoms with Crippen LogP contribution in [0.4, 0.5) is 5.69 Å². The highest BCUT2D eigenvalue weighted by atomic mass is 15.3. The molecule has 0 amide bonds. The van der Waals surface area contributed by atoms with Gasteiger partial charge in [-0.1, -0.05) is 0 Å². The molecule has 0 spiro atoms. The minimum atomic E-state index is 0.582. The summed E-state index contributed by atoms with van der Waals surface area (Å²) in [6.45, 7) is 9.09. The molecule has 5 nitrogen and oxygen atoms in total. The van der Waals surface area contributed by atoms with Crippen molar-refractivity contribution in [2.45, 2.75) is 40.2 Å². The van der Waals surface area contributed by atoms with Gasteiger partial charge in [-0.3, -0.25) is 0 Å². The van der Waals surface area contributed by atoms with Crippen LogP contribution in [0, 0.1) is 38.0 Å². The van der Waals surface area contributed by atoms with Crippen LogP contribution in [0.2, 0.25) is 0 Å². The number of nitriles is 1. The number of nitrogens with zero attached hydrogens (tertiary/aromatic N) is 5. The monoisotopic (exact) mass is 309 g/mol. The molecule has 120 valence electrons. The Bertz CT molecular complexity index is 740. The third-order valence-corrected chi connectivity index (χ3v) is 4.58. The Kier molecular flexibility index (Phi) is 4.33. The Morgan fingerprint density at radius 1 is 1.30 bits per heavy atom. The van der Waals surface area contributed by atoms with Gasteiger partial charge in [-0.15, -0.1) is 0 Å². The number of aryl methyl sites for hydroxylation is 3. The molecule has 0 saturated carbocycles. The van der Waals surface area contributed by atoms with Crippen LogP contribution in [-0.4, -0.2) is 27.9 Å². The Morgan fingerprint density at radius 2 is 2.13 bits per heavy atom. The first kappa shape index (κ1) is 15.5. The van der Waals surface area contributed by atoms with Crippen LogP contribution < -0.4 is 4.90 Å². The van der Waals surface area contributed by atoms with E-state index in [2.05, 4.69) is 34.0 Å². The average molecular weight is 309 g/mol. The number of benzene rings is 1. The van der Waals surface area contributed by atoms with Gasteiger partial charge in [0.2, 0.25) is 0 Å². The molecule has 0 radical (unpaired) electrons. The van der Waals surface area contributed by atoms with E-state index in [4.69, 9.17) is 5.26 Å². The van der Waals surface area contributed by atoms with Gasteiger partial charge in [0, 0.05) is 25.3 Å². The number of rotatable bonds is 3. The van der Waals surface area contributed by atoms with Crippen molar-refractivity contribution in [3.63, 3.8) is 0 Å². The van der Waals surface area contributed by atoms with E-state index in [0.29, 0.717) is 5.92 Å². The summed E-state index contributed by atoms with van der Waals surface area (Å²) in [5, 5.41) is 13.5. The van der Waals surface area contributed by atoms with Gasteiger partial charge in [0.1, 0.15) is 11.6 Å². The van der Waals surface area contributed by atoms with E-state index >= 15 is 0 Å². The summed E-state index contributed by atoms with van der Waals surface area (Å²) in [4.78, 5) is 6.84.